The average molecular weight is 538 g/mol. The lowest BCUT2D eigenvalue weighted by Gasteiger charge is -2.45. The topological polar surface area (TPSA) is 126 Å². The highest BCUT2D eigenvalue weighted by Gasteiger charge is 2.55. The van der Waals surface area contributed by atoms with Gasteiger partial charge in [0, 0.05) is 37.2 Å². The van der Waals surface area contributed by atoms with Crippen LogP contribution in [0.15, 0.2) is 42.7 Å². The van der Waals surface area contributed by atoms with E-state index in [9.17, 15) is 14.4 Å². The Kier molecular flexibility index (Phi) is 7.73. The molecule has 3 N–H and O–H groups in total. The Labute approximate surface area is 226 Å². The number of nitrogens with two attached hydrogens (primary N) is 1. The molecule has 1 aliphatic rings. The van der Waals surface area contributed by atoms with Crippen LogP contribution >= 0.6 is 11.6 Å². The standard InChI is InChI=1S/C27H32ClN7O3/c1-6-21(18-9-15(2)10-19(28)14-18)32-27(38)35-23(25(37)34(5)26-30-7-8-33(26)4)20(24(35)36)12-17-11-16(3)31-22(29)13-17/h7-11,13-14,20-21,23H,6,12H2,1-5H3,(H2,29,31)(H,32,38)/t20-,21-,23+/m1/s1. The van der Waals surface area contributed by atoms with Gasteiger partial charge in [-0.15, -0.1) is 0 Å². The van der Waals surface area contributed by atoms with Crippen molar-refractivity contribution in [3.63, 3.8) is 0 Å². The molecular formula is C27H32ClN7O3. The summed E-state index contributed by atoms with van der Waals surface area (Å²) in [5, 5.41) is 3.49. The zero-order chi connectivity index (χ0) is 27.7. The minimum Gasteiger partial charge on any atom is -0.384 e. The quantitative estimate of drug-likeness (QED) is 0.444. The lowest BCUT2D eigenvalue weighted by Crippen LogP contribution is -2.70. The van der Waals surface area contributed by atoms with Crippen LogP contribution in [0.2, 0.25) is 5.02 Å². The number of anilines is 2. The zero-order valence-electron chi connectivity index (χ0n) is 22.1. The number of pyridine rings is 1. The van der Waals surface area contributed by atoms with Gasteiger partial charge in [-0.05, 0) is 67.6 Å². The second kappa shape index (κ2) is 10.8. The Bertz CT molecular complexity index is 1350. The summed E-state index contributed by atoms with van der Waals surface area (Å²) in [5.41, 5.74) is 9.16. The van der Waals surface area contributed by atoms with E-state index >= 15 is 0 Å². The predicted octanol–water partition coefficient (Wildman–Crippen LogP) is 3.56. The van der Waals surface area contributed by atoms with Crippen LogP contribution in [0, 0.1) is 19.8 Å². The number of hydrogen-bond acceptors (Lipinski definition) is 6. The smallest absolute Gasteiger partial charge is 0.325 e. The van der Waals surface area contributed by atoms with E-state index in [0.717, 1.165) is 21.6 Å². The van der Waals surface area contributed by atoms with E-state index in [2.05, 4.69) is 15.3 Å². The van der Waals surface area contributed by atoms with Gasteiger partial charge in [0.1, 0.15) is 11.9 Å². The van der Waals surface area contributed by atoms with Crippen molar-refractivity contribution in [3.05, 3.63) is 70.1 Å². The number of benzene rings is 1. The number of nitrogens with zero attached hydrogens (tertiary/aromatic N) is 5. The number of aromatic nitrogens is 3. The van der Waals surface area contributed by atoms with Gasteiger partial charge in [0.05, 0.1) is 12.0 Å². The van der Waals surface area contributed by atoms with Gasteiger partial charge in [0.25, 0.3) is 5.91 Å². The molecule has 38 heavy (non-hydrogen) atoms. The third-order valence-corrected chi connectivity index (χ3v) is 6.99. The number of rotatable bonds is 7. The third kappa shape index (κ3) is 5.35. The van der Waals surface area contributed by atoms with Crippen LogP contribution in [0.5, 0.6) is 0 Å². The second-order valence-corrected chi connectivity index (χ2v) is 10.1. The summed E-state index contributed by atoms with van der Waals surface area (Å²) in [6, 6.07) is 7.03. The van der Waals surface area contributed by atoms with Crippen molar-refractivity contribution in [1.29, 1.82) is 0 Å². The van der Waals surface area contributed by atoms with E-state index in [1.807, 2.05) is 39.0 Å². The molecule has 0 bridgehead atoms. The van der Waals surface area contributed by atoms with E-state index in [0.29, 0.717) is 28.9 Å². The average Bonchev–Trinajstić information content (AvgIpc) is 3.27. The number of nitrogen functional groups attached to an aromatic ring is 1. The molecule has 1 aromatic carbocycles. The number of halogens is 1. The van der Waals surface area contributed by atoms with Gasteiger partial charge in [-0.1, -0.05) is 24.6 Å². The van der Waals surface area contributed by atoms with Crippen LogP contribution in [0.25, 0.3) is 0 Å². The molecule has 4 rings (SSSR count). The van der Waals surface area contributed by atoms with Crippen LogP contribution in [0.1, 0.15) is 41.8 Å². The maximum atomic E-state index is 13.7. The summed E-state index contributed by atoms with van der Waals surface area (Å²) in [4.78, 5) is 51.4. The van der Waals surface area contributed by atoms with Crippen molar-refractivity contribution < 1.29 is 14.4 Å². The fourth-order valence-corrected chi connectivity index (χ4v) is 5.28. The molecule has 3 atom stereocenters. The number of carbonyl (C=O) groups excluding carboxylic acids is 3. The number of likely N-dealkylation sites (N-methyl/N-ethyl adjacent to an activating group) is 1. The summed E-state index contributed by atoms with van der Waals surface area (Å²) < 4.78 is 1.69. The largest absolute Gasteiger partial charge is 0.384 e. The first kappa shape index (κ1) is 27.1. The number of β-lactam (4-membered cyclic amide) rings is 1. The maximum Gasteiger partial charge on any atom is 0.325 e. The molecule has 0 spiro atoms. The van der Waals surface area contributed by atoms with E-state index in [1.165, 1.54) is 4.90 Å². The number of imidazole rings is 1. The SMILES string of the molecule is CC[C@@H](NC(=O)N1C(=O)[C@H](Cc2cc(C)nc(N)c2)[C@H]1C(=O)N(C)c1nccn1C)c1cc(C)cc(Cl)c1. The molecule has 3 heterocycles. The number of urea groups is 1. The second-order valence-electron chi connectivity index (χ2n) is 9.71. The zero-order valence-corrected chi connectivity index (χ0v) is 22.9. The summed E-state index contributed by atoms with van der Waals surface area (Å²) in [5.74, 6) is -0.857. The number of likely N-dealkylation sites (tertiary alicyclic amines) is 1. The predicted molar refractivity (Wildman–Crippen MR) is 146 cm³/mol. The molecular weight excluding hydrogens is 506 g/mol. The summed E-state index contributed by atoms with van der Waals surface area (Å²) in [6.07, 6.45) is 4.10. The van der Waals surface area contributed by atoms with Crippen molar-refractivity contribution in [2.45, 2.75) is 45.7 Å². The maximum absolute atomic E-state index is 13.7. The number of amides is 4. The lowest BCUT2D eigenvalue weighted by atomic mass is 9.81. The molecule has 1 fully saturated rings. The van der Waals surface area contributed by atoms with Crippen LogP contribution < -0.4 is 16.0 Å². The van der Waals surface area contributed by atoms with Crippen molar-refractivity contribution in [1.82, 2.24) is 24.8 Å². The lowest BCUT2D eigenvalue weighted by molar-refractivity contribution is -0.156. The summed E-state index contributed by atoms with van der Waals surface area (Å²) in [7, 11) is 3.35. The molecule has 0 unspecified atom stereocenters. The molecule has 2 aromatic heterocycles. The molecule has 10 nitrogen and oxygen atoms in total. The Balaban J connectivity index is 1.63. The van der Waals surface area contributed by atoms with Crippen molar-refractivity contribution in [2.24, 2.45) is 13.0 Å². The third-order valence-electron chi connectivity index (χ3n) is 6.77. The van der Waals surface area contributed by atoms with Crippen LogP contribution in [0.3, 0.4) is 0 Å². The minimum atomic E-state index is -1.02. The van der Waals surface area contributed by atoms with Crippen molar-refractivity contribution in [3.8, 4) is 0 Å². The van der Waals surface area contributed by atoms with Gasteiger partial charge in [0.15, 0.2) is 0 Å². The summed E-state index contributed by atoms with van der Waals surface area (Å²) >= 11 is 6.24. The highest BCUT2D eigenvalue weighted by Crippen LogP contribution is 2.33. The van der Waals surface area contributed by atoms with Gasteiger partial charge in [0.2, 0.25) is 11.9 Å². The van der Waals surface area contributed by atoms with Crippen LogP contribution in [-0.2, 0) is 23.1 Å². The van der Waals surface area contributed by atoms with Gasteiger partial charge in [-0.3, -0.25) is 19.4 Å². The molecule has 1 saturated heterocycles. The Morgan fingerprint density at radius 1 is 1.21 bits per heavy atom. The molecule has 4 amide bonds. The first-order chi connectivity index (χ1) is 18.0. The molecule has 0 aliphatic carbocycles. The van der Waals surface area contributed by atoms with Gasteiger partial charge >= 0.3 is 6.03 Å². The molecule has 1 aliphatic heterocycles. The van der Waals surface area contributed by atoms with E-state index in [-0.39, 0.29) is 6.42 Å². The van der Waals surface area contributed by atoms with Gasteiger partial charge in [-0.25, -0.2) is 14.8 Å². The molecule has 3 aromatic rings. The molecule has 200 valence electrons. The first-order valence-corrected chi connectivity index (χ1v) is 12.8. The van der Waals surface area contributed by atoms with Crippen molar-refractivity contribution in [2.75, 3.05) is 17.7 Å². The number of aryl methyl sites for hydroxylation is 3. The number of imide groups is 1. The highest BCUT2D eigenvalue weighted by atomic mass is 35.5. The van der Waals surface area contributed by atoms with E-state index in [4.69, 9.17) is 17.3 Å². The monoisotopic (exact) mass is 537 g/mol. The Hall–Kier alpha value is -3.92. The Morgan fingerprint density at radius 3 is 2.55 bits per heavy atom. The van der Waals surface area contributed by atoms with E-state index < -0.39 is 35.8 Å². The Morgan fingerprint density at radius 2 is 1.95 bits per heavy atom. The van der Waals surface area contributed by atoms with Gasteiger partial charge < -0.3 is 15.6 Å². The fraction of sp³-hybridized carbons (Fsp3) is 0.370. The number of carbonyl (C=O) groups is 3. The minimum absolute atomic E-state index is 0.242. The number of hydrogen-bond donors (Lipinski definition) is 2. The molecule has 11 heteroatoms. The van der Waals surface area contributed by atoms with Gasteiger partial charge in [-0.2, -0.15) is 0 Å². The molecule has 0 saturated carbocycles. The van der Waals surface area contributed by atoms with Crippen LogP contribution in [-0.4, -0.2) is 50.4 Å². The fourth-order valence-electron chi connectivity index (χ4n) is 4.98. The normalized spacial score (nSPS) is 17.6. The van der Waals surface area contributed by atoms with E-state index in [1.54, 1.807) is 43.2 Å². The number of nitrogens with one attached hydrogen (secondary N) is 1. The molecule has 0 radical (unpaired) electrons. The first-order valence-electron chi connectivity index (χ1n) is 12.4. The van der Waals surface area contributed by atoms with Crippen LogP contribution in [0.4, 0.5) is 16.6 Å². The summed E-state index contributed by atoms with van der Waals surface area (Å²) in [6.45, 7) is 5.65. The highest BCUT2D eigenvalue weighted by molar-refractivity contribution is 6.30. The van der Waals surface area contributed by atoms with Crippen molar-refractivity contribution >= 4 is 41.2 Å².